The van der Waals surface area contributed by atoms with E-state index < -0.39 is 15.9 Å². The number of amides is 1. The van der Waals surface area contributed by atoms with Crippen LogP contribution in [-0.2, 0) is 21.2 Å². The lowest BCUT2D eigenvalue weighted by atomic mass is 10.0. The van der Waals surface area contributed by atoms with E-state index in [4.69, 9.17) is 17.3 Å². The molecule has 1 aromatic carbocycles. The Morgan fingerprint density at radius 2 is 1.84 bits per heavy atom. The largest absolute Gasteiger partial charge is 0.322 e. The Balaban J connectivity index is 1.81. The summed E-state index contributed by atoms with van der Waals surface area (Å²) in [4.78, 5) is 27.7. The highest BCUT2D eigenvalue weighted by atomic mass is 35.5. The number of hydrogen-bond donors (Lipinski definition) is 2. The van der Waals surface area contributed by atoms with Crippen LogP contribution < -0.4 is 11.1 Å². The summed E-state index contributed by atoms with van der Waals surface area (Å²) in [6.07, 6.45) is 0.237. The zero-order valence-electron chi connectivity index (χ0n) is 17.1. The number of sulfonamides is 1. The van der Waals surface area contributed by atoms with Gasteiger partial charge < -0.3 is 16.0 Å². The number of nitrogens with zero attached hydrogens (tertiary/aromatic N) is 2. The lowest BCUT2D eigenvalue weighted by Crippen LogP contribution is -2.47. The van der Waals surface area contributed by atoms with Crippen molar-refractivity contribution < 1.29 is 18.0 Å². The molecule has 0 saturated carbocycles. The van der Waals surface area contributed by atoms with Gasteiger partial charge in [0.25, 0.3) is 0 Å². The van der Waals surface area contributed by atoms with Gasteiger partial charge in [-0.2, -0.15) is 4.31 Å². The molecule has 0 unspecified atom stereocenters. The number of piperazine rings is 1. The van der Waals surface area contributed by atoms with E-state index in [9.17, 15) is 18.0 Å². The summed E-state index contributed by atoms with van der Waals surface area (Å²) in [5, 5.41) is 3.28. The first-order valence-corrected chi connectivity index (χ1v) is 12.6. The van der Waals surface area contributed by atoms with Crippen LogP contribution in [0.2, 0.25) is 5.02 Å². The molecule has 8 nitrogen and oxygen atoms in total. The second-order valence-electron chi connectivity index (χ2n) is 7.29. The number of carbonyl (C=O) groups is 2. The Labute approximate surface area is 191 Å². The number of likely N-dealkylation sites (N-methyl/N-ethyl adjacent to an activating group) is 1. The van der Waals surface area contributed by atoms with Crippen LogP contribution in [0.5, 0.6) is 0 Å². The first kappa shape index (κ1) is 23.8. The number of anilines is 1. The fraction of sp³-hybridized carbons (Fsp3) is 0.400. The number of rotatable bonds is 8. The summed E-state index contributed by atoms with van der Waals surface area (Å²) in [5.74, 6) is -0.852. The van der Waals surface area contributed by atoms with Crippen LogP contribution in [0, 0.1) is 0 Å². The SMILES string of the molecule is CN1CCN(S(=O)(=O)CCc2cc(C(=O)c3ccccc3Cl)c(NC(=O)CN)s2)CC1. The summed E-state index contributed by atoms with van der Waals surface area (Å²) < 4.78 is 27.0. The molecular weight excluding hydrogens is 460 g/mol. The first-order chi connectivity index (χ1) is 14.7. The first-order valence-electron chi connectivity index (χ1n) is 9.79. The fourth-order valence-corrected chi connectivity index (χ4v) is 6.10. The van der Waals surface area contributed by atoms with Crippen molar-refractivity contribution in [1.29, 1.82) is 0 Å². The number of nitrogens with two attached hydrogens (primary N) is 1. The Kier molecular flexibility index (Phi) is 7.84. The lowest BCUT2D eigenvalue weighted by Gasteiger charge is -2.31. The van der Waals surface area contributed by atoms with Crippen LogP contribution in [0.1, 0.15) is 20.8 Å². The van der Waals surface area contributed by atoms with Crippen molar-refractivity contribution in [3.8, 4) is 0 Å². The Hall–Kier alpha value is -1.82. The molecule has 11 heteroatoms. The normalized spacial score (nSPS) is 15.7. The number of ketones is 1. The maximum Gasteiger partial charge on any atom is 0.238 e. The Bertz CT molecular complexity index is 1060. The van der Waals surface area contributed by atoms with Gasteiger partial charge in [0, 0.05) is 36.6 Å². The van der Waals surface area contributed by atoms with E-state index >= 15 is 0 Å². The Morgan fingerprint density at radius 3 is 2.48 bits per heavy atom. The molecule has 3 N–H and O–H groups in total. The Morgan fingerprint density at radius 1 is 1.16 bits per heavy atom. The fourth-order valence-electron chi connectivity index (χ4n) is 3.22. The van der Waals surface area contributed by atoms with Crippen molar-refractivity contribution in [3.05, 3.63) is 51.4 Å². The van der Waals surface area contributed by atoms with Gasteiger partial charge in [-0.05, 0) is 31.7 Å². The predicted octanol–water partition coefficient (Wildman–Crippen LogP) is 1.65. The summed E-state index contributed by atoms with van der Waals surface area (Å²) in [5.41, 5.74) is 5.97. The van der Waals surface area contributed by atoms with Gasteiger partial charge in [0.05, 0.1) is 22.9 Å². The lowest BCUT2D eigenvalue weighted by molar-refractivity contribution is -0.114. The van der Waals surface area contributed by atoms with E-state index in [-0.39, 0.29) is 30.1 Å². The second-order valence-corrected chi connectivity index (χ2v) is 10.9. The van der Waals surface area contributed by atoms with Crippen LogP contribution in [0.3, 0.4) is 0 Å². The third-order valence-corrected chi connectivity index (χ3v) is 8.36. The van der Waals surface area contributed by atoms with Gasteiger partial charge in [0.15, 0.2) is 5.78 Å². The van der Waals surface area contributed by atoms with Gasteiger partial charge in [-0.25, -0.2) is 8.42 Å². The standard InChI is InChI=1S/C20H25ClN4O4S2/c1-24-7-9-25(10-8-24)31(28,29)11-6-14-12-16(20(30-14)23-18(26)13-22)19(27)15-4-2-3-5-17(15)21/h2-5,12H,6-11,13,22H2,1H3,(H,23,26). The van der Waals surface area contributed by atoms with E-state index in [0.29, 0.717) is 46.6 Å². The highest BCUT2D eigenvalue weighted by Gasteiger charge is 2.26. The van der Waals surface area contributed by atoms with Crippen LogP contribution in [0.15, 0.2) is 30.3 Å². The molecule has 1 aromatic heterocycles. The van der Waals surface area contributed by atoms with Crippen LogP contribution in [0.4, 0.5) is 5.00 Å². The molecule has 0 aliphatic carbocycles. The average molecular weight is 485 g/mol. The van der Waals surface area contributed by atoms with E-state index in [1.807, 2.05) is 7.05 Å². The third kappa shape index (κ3) is 5.91. The summed E-state index contributed by atoms with van der Waals surface area (Å²) >= 11 is 7.34. The number of thiophene rings is 1. The molecular formula is C20H25ClN4O4S2. The zero-order chi connectivity index (χ0) is 22.6. The van der Waals surface area contributed by atoms with E-state index in [1.54, 1.807) is 30.3 Å². The smallest absolute Gasteiger partial charge is 0.238 e. The summed E-state index contributed by atoms with van der Waals surface area (Å²) in [6.45, 7) is 2.10. The summed E-state index contributed by atoms with van der Waals surface area (Å²) in [7, 11) is -1.45. The van der Waals surface area contributed by atoms with E-state index in [1.165, 1.54) is 15.6 Å². The molecule has 31 heavy (non-hydrogen) atoms. The van der Waals surface area contributed by atoms with Gasteiger partial charge in [0.2, 0.25) is 15.9 Å². The van der Waals surface area contributed by atoms with Crippen molar-refractivity contribution in [2.45, 2.75) is 6.42 Å². The molecule has 2 heterocycles. The van der Waals surface area contributed by atoms with Crippen LogP contribution in [0.25, 0.3) is 0 Å². The van der Waals surface area contributed by atoms with Crippen molar-refractivity contribution in [3.63, 3.8) is 0 Å². The van der Waals surface area contributed by atoms with Gasteiger partial charge in [-0.15, -0.1) is 11.3 Å². The minimum absolute atomic E-state index is 0.0682. The van der Waals surface area contributed by atoms with Gasteiger partial charge >= 0.3 is 0 Å². The molecule has 0 spiro atoms. The van der Waals surface area contributed by atoms with Crippen molar-refractivity contribution in [1.82, 2.24) is 9.21 Å². The minimum atomic E-state index is -3.42. The average Bonchev–Trinajstić information content (AvgIpc) is 3.15. The number of nitrogens with one attached hydrogen (secondary N) is 1. The maximum absolute atomic E-state index is 13.1. The van der Waals surface area contributed by atoms with Gasteiger partial charge in [-0.3, -0.25) is 9.59 Å². The third-order valence-electron chi connectivity index (χ3n) is 5.05. The molecule has 2 aromatic rings. The van der Waals surface area contributed by atoms with Crippen molar-refractivity contribution >= 4 is 49.7 Å². The minimum Gasteiger partial charge on any atom is -0.322 e. The monoisotopic (exact) mass is 484 g/mol. The molecule has 0 bridgehead atoms. The molecule has 0 atom stereocenters. The zero-order valence-corrected chi connectivity index (χ0v) is 19.5. The molecule has 168 valence electrons. The second kappa shape index (κ2) is 10.2. The maximum atomic E-state index is 13.1. The molecule has 1 amide bonds. The van der Waals surface area contributed by atoms with E-state index in [0.717, 1.165) is 0 Å². The molecule has 1 saturated heterocycles. The topological polar surface area (TPSA) is 113 Å². The summed E-state index contributed by atoms with van der Waals surface area (Å²) in [6, 6.07) is 8.27. The van der Waals surface area contributed by atoms with Crippen LogP contribution in [-0.4, -0.2) is 74.8 Å². The molecule has 1 fully saturated rings. The molecule has 3 rings (SSSR count). The molecule has 0 radical (unpaired) electrons. The quantitative estimate of drug-likeness (QED) is 0.551. The highest BCUT2D eigenvalue weighted by Crippen LogP contribution is 2.32. The number of carbonyl (C=O) groups excluding carboxylic acids is 2. The van der Waals surface area contributed by atoms with Crippen LogP contribution >= 0.6 is 22.9 Å². The number of aryl methyl sites for hydroxylation is 1. The van der Waals surface area contributed by atoms with E-state index in [2.05, 4.69) is 10.2 Å². The number of halogens is 1. The van der Waals surface area contributed by atoms with Gasteiger partial charge in [0.1, 0.15) is 5.00 Å². The molecule has 1 aliphatic rings. The molecule has 1 aliphatic heterocycles. The predicted molar refractivity (Wildman–Crippen MR) is 123 cm³/mol. The van der Waals surface area contributed by atoms with Crippen molar-refractivity contribution in [2.24, 2.45) is 5.73 Å². The van der Waals surface area contributed by atoms with Crippen molar-refractivity contribution in [2.75, 3.05) is 50.8 Å². The number of benzene rings is 1. The highest BCUT2D eigenvalue weighted by molar-refractivity contribution is 7.89. The number of hydrogen-bond acceptors (Lipinski definition) is 7. The van der Waals surface area contributed by atoms with Gasteiger partial charge in [-0.1, -0.05) is 23.7 Å².